The van der Waals surface area contributed by atoms with E-state index in [9.17, 15) is 4.79 Å². The van der Waals surface area contributed by atoms with Crippen LogP contribution >= 0.6 is 0 Å². The summed E-state index contributed by atoms with van der Waals surface area (Å²) in [6, 6.07) is 26.0. The molecule has 0 saturated carbocycles. The van der Waals surface area contributed by atoms with Crippen LogP contribution in [0.15, 0.2) is 112 Å². The number of anilines is 2. The molecule has 0 unspecified atom stereocenters. The third-order valence-corrected chi connectivity index (χ3v) is 5.82. The van der Waals surface area contributed by atoms with Crippen molar-refractivity contribution in [2.45, 2.75) is 27.2 Å². The highest BCUT2D eigenvalue weighted by Gasteiger charge is 2.07. The van der Waals surface area contributed by atoms with Gasteiger partial charge < -0.3 is 42.0 Å². The number of carbonyl (C=O) groups excluding carboxylic acids is 1. The van der Waals surface area contributed by atoms with E-state index in [4.69, 9.17) is 21.2 Å². The number of amides is 1. The van der Waals surface area contributed by atoms with Crippen LogP contribution < -0.4 is 38.4 Å². The van der Waals surface area contributed by atoms with Gasteiger partial charge in [0.15, 0.2) is 5.84 Å². The van der Waals surface area contributed by atoms with E-state index in [0.717, 1.165) is 16.9 Å². The van der Waals surface area contributed by atoms with Gasteiger partial charge in [0.25, 0.3) is 5.91 Å². The highest BCUT2D eigenvalue weighted by Crippen LogP contribution is 2.11. The van der Waals surface area contributed by atoms with Gasteiger partial charge in [-0.15, -0.1) is 0 Å². The van der Waals surface area contributed by atoms with Crippen LogP contribution in [0.1, 0.15) is 43.1 Å². The van der Waals surface area contributed by atoms with Gasteiger partial charge in [0.05, 0.1) is 33.0 Å². The van der Waals surface area contributed by atoms with Gasteiger partial charge >= 0.3 is 0 Å². The zero-order valence-electron chi connectivity index (χ0n) is 27.5. The van der Waals surface area contributed by atoms with E-state index in [2.05, 4.69) is 62.2 Å². The number of rotatable bonds is 15. The SMILES string of the molecule is C=C(NC(=NC(C)=NCCOCCOCCNC(=O)c1ccccc1)Nc1ccc(/C(=N/N)NN)cc1)Nc1ccccc1.CCC. The molecular weight excluding hydrogens is 596 g/mol. The van der Waals surface area contributed by atoms with Gasteiger partial charge in [-0.2, -0.15) is 5.10 Å². The summed E-state index contributed by atoms with van der Waals surface area (Å²) in [5.41, 5.74) is 5.42. The number of carbonyl (C=O) groups is 1. The Hall–Kier alpha value is -5.24. The fourth-order valence-corrected chi connectivity index (χ4v) is 3.72. The Balaban J connectivity index is 0.00000246. The Morgan fingerprint density at radius 1 is 0.809 bits per heavy atom. The lowest BCUT2D eigenvalue weighted by molar-refractivity contribution is 0.0512. The number of benzene rings is 3. The van der Waals surface area contributed by atoms with E-state index in [1.807, 2.05) is 72.8 Å². The van der Waals surface area contributed by atoms with Gasteiger partial charge in [-0.05, 0) is 55.5 Å². The highest BCUT2D eigenvalue weighted by atomic mass is 16.5. The number of hydrogen-bond donors (Lipinski definition) is 7. The molecule has 3 rings (SSSR count). The van der Waals surface area contributed by atoms with Crippen LogP contribution in [0.4, 0.5) is 11.4 Å². The van der Waals surface area contributed by atoms with Crippen molar-refractivity contribution in [1.82, 2.24) is 16.1 Å². The minimum atomic E-state index is -0.124. The minimum absolute atomic E-state index is 0.124. The molecule has 1 amide bonds. The summed E-state index contributed by atoms with van der Waals surface area (Å²) in [5, 5.41) is 16.0. The maximum atomic E-state index is 12.0. The third kappa shape index (κ3) is 16.1. The van der Waals surface area contributed by atoms with Crippen LogP contribution in [0, 0.1) is 0 Å². The average Bonchev–Trinajstić information content (AvgIpc) is 3.08. The second-order valence-electron chi connectivity index (χ2n) is 9.86. The molecule has 0 fully saturated rings. The summed E-state index contributed by atoms with van der Waals surface area (Å²) in [5.74, 6) is 12.5. The zero-order chi connectivity index (χ0) is 34.1. The summed E-state index contributed by atoms with van der Waals surface area (Å²) in [7, 11) is 0. The summed E-state index contributed by atoms with van der Waals surface area (Å²) in [6.45, 7) is 12.6. The van der Waals surface area contributed by atoms with Crippen LogP contribution in [0.25, 0.3) is 0 Å². The molecule has 0 atom stereocenters. The summed E-state index contributed by atoms with van der Waals surface area (Å²) < 4.78 is 11.1. The van der Waals surface area contributed by atoms with E-state index >= 15 is 0 Å². The first kappa shape index (κ1) is 37.9. The smallest absolute Gasteiger partial charge is 0.251 e. The molecule has 0 radical (unpaired) electrons. The van der Waals surface area contributed by atoms with Gasteiger partial charge in [0, 0.05) is 29.0 Å². The van der Waals surface area contributed by atoms with Gasteiger partial charge in [0.2, 0.25) is 5.96 Å². The quantitative estimate of drug-likeness (QED) is 0.0422. The molecule has 252 valence electrons. The molecule has 13 heteroatoms. The molecule has 0 aliphatic heterocycles. The largest absolute Gasteiger partial charge is 0.377 e. The van der Waals surface area contributed by atoms with Gasteiger partial charge in [-0.1, -0.05) is 63.2 Å². The van der Waals surface area contributed by atoms with Crippen LogP contribution in [0.3, 0.4) is 0 Å². The standard InChI is InChI=1S/C31H40N10O3.C3H8/c1-23(34-17-19-43-21-22-44-20-18-35-30(42)26-9-5-3-6-10-26)37-31(38-24(2)36-27-11-7-4-8-12-27)39-28-15-13-25(14-16-28)29(40-32)41-33;1-3-2/h3-16,36H,2,17-22,32-33H2,1H3,(H,35,42)(H,40,41)(H2,34,37,38,39);3H2,1-2H3. The molecule has 9 N–H and O–H groups in total. The summed E-state index contributed by atoms with van der Waals surface area (Å²) >= 11 is 0. The van der Waals surface area contributed by atoms with Crippen molar-refractivity contribution in [3.63, 3.8) is 0 Å². The van der Waals surface area contributed by atoms with E-state index in [0.29, 0.717) is 68.5 Å². The number of amidine groups is 2. The van der Waals surface area contributed by atoms with Crippen molar-refractivity contribution >= 4 is 34.9 Å². The van der Waals surface area contributed by atoms with Crippen LogP contribution in [0.2, 0.25) is 0 Å². The molecule has 0 aliphatic carbocycles. The van der Waals surface area contributed by atoms with E-state index in [1.54, 1.807) is 19.1 Å². The third-order valence-electron chi connectivity index (χ3n) is 5.82. The maximum absolute atomic E-state index is 12.0. The topological polar surface area (TPSA) is 185 Å². The predicted octanol–water partition coefficient (Wildman–Crippen LogP) is 4.01. The zero-order valence-corrected chi connectivity index (χ0v) is 27.5. The van der Waals surface area contributed by atoms with Crippen molar-refractivity contribution in [2.24, 2.45) is 26.8 Å². The second kappa shape index (κ2) is 23.1. The first-order valence-electron chi connectivity index (χ1n) is 15.4. The molecule has 0 bridgehead atoms. The number of para-hydroxylation sites is 1. The first-order valence-corrected chi connectivity index (χ1v) is 15.4. The molecule has 3 aromatic rings. The molecule has 0 saturated heterocycles. The van der Waals surface area contributed by atoms with Crippen LogP contribution in [-0.4, -0.2) is 63.1 Å². The molecule has 47 heavy (non-hydrogen) atoms. The van der Waals surface area contributed by atoms with E-state index < -0.39 is 0 Å². The Labute approximate surface area is 277 Å². The van der Waals surface area contributed by atoms with E-state index in [-0.39, 0.29) is 5.91 Å². The van der Waals surface area contributed by atoms with Gasteiger partial charge in [0.1, 0.15) is 11.7 Å². The first-order chi connectivity index (χ1) is 22.9. The monoisotopic (exact) mass is 644 g/mol. The molecule has 0 aromatic heterocycles. The number of hydrogen-bond acceptors (Lipinski definition) is 8. The van der Waals surface area contributed by atoms with Crippen molar-refractivity contribution in [3.05, 3.63) is 108 Å². The summed E-state index contributed by atoms with van der Waals surface area (Å²) in [6.07, 6.45) is 1.25. The van der Waals surface area contributed by atoms with Gasteiger partial charge in [-0.25, -0.2) is 10.8 Å². The Kier molecular flexibility index (Phi) is 18.7. The number of hydrazine groups is 1. The van der Waals surface area contributed by atoms with Crippen molar-refractivity contribution < 1.29 is 14.3 Å². The average molecular weight is 645 g/mol. The van der Waals surface area contributed by atoms with Crippen molar-refractivity contribution in [1.29, 1.82) is 0 Å². The normalized spacial score (nSPS) is 11.5. The Morgan fingerprint density at radius 3 is 2.02 bits per heavy atom. The molecule has 0 spiro atoms. The molecular formula is C34H48N10O3. The lowest BCUT2D eigenvalue weighted by Crippen LogP contribution is -2.33. The number of nitrogens with zero attached hydrogens (tertiary/aromatic N) is 3. The van der Waals surface area contributed by atoms with Crippen molar-refractivity contribution in [3.8, 4) is 0 Å². The maximum Gasteiger partial charge on any atom is 0.251 e. The number of guanidine groups is 1. The predicted molar refractivity (Wildman–Crippen MR) is 192 cm³/mol. The number of hydrazone groups is 1. The number of nitrogens with one attached hydrogen (secondary N) is 5. The van der Waals surface area contributed by atoms with Crippen molar-refractivity contribution in [2.75, 3.05) is 50.2 Å². The van der Waals surface area contributed by atoms with E-state index in [1.165, 1.54) is 6.42 Å². The Bertz CT molecular complexity index is 1410. The molecule has 0 heterocycles. The number of nitrogens with two attached hydrogens (primary N) is 2. The molecule has 3 aromatic carbocycles. The highest BCUT2D eigenvalue weighted by molar-refractivity contribution is 6.03. The van der Waals surface area contributed by atoms with Gasteiger partial charge in [-0.3, -0.25) is 9.79 Å². The minimum Gasteiger partial charge on any atom is -0.377 e. The number of aliphatic imine (C=N–C) groups is 2. The fourth-order valence-electron chi connectivity index (χ4n) is 3.72. The number of ether oxygens (including phenoxy) is 2. The lowest BCUT2D eigenvalue weighted by atomic mass is 10.2. The van der Waals surface area contributed by atoms with Crippen LogP contribution in [-0.2, 0) is 9.47 Å². The lowest BCUT2D eigenvalue weighted by Gasteiger charge is -2.16. The Morgan fingerprint density at radius 2 is 1.40 bits per heavy atom. The second-order valence-corrected chi connectivity index (χ2v) is 9.86. The fraction of sp³-hybridized carbons (Fsp3) is 0.294. The summed E-state index contributed by atoms with van der Waals surface area (Å²) in [4.78, 5) is 21.1. The molecule has 13 nitrogen and oxygen atoms in total. The van der Waals surface area contributed by atoms with Crippen LogP contribution in [0.5, 0.6) is 0 Å². The molecule has 0 aliphatic rings.